The van der Waals surface area contributed by atoms with Crippen molar-refractivity contribution in [2.45, 2.75) is 43.9 Å². The van der Waals surface area contributed by atoms with E-state index in [1.807, 2.05) is 0 Å². The first-order valence-corrected chi connectivity index (χ1v) is 9.84. The SMILES string of the molecule is O=C1CS/C(=N/c2nnc(C34CC5CC(CC(C5)C3)C4)s2)N1. The largest absolute Gasteiger partial charge is 0.304 e. The van der Waals surface area contributed by atoms with Gasteiger partial charge in [-0.15, -0.1) is 10.2 Å². The average molecular weight is 334 g/mol. The first kappa shape index (κ1) is 13.5. The molecule has 1 N–H and O–H groups in total. The van der Waals surface area contributed by atoms with Crippen LogP contribution < -0.4 is 5.32 Å². The number of amidine groups is 1. The van der Waals surface area contributed by atoms with Crippen molar-refractivity contribution in [3.05, 3.63) is 5.01 Å². The summed E-state index contributed by atoms with van der Waals surface area (Å²) in [7, 11) is 0. The number of hydrogen-bond donors (Lipinski definition) is 1. The zero-order chi connectivity index (χ0) is 14.7. The molecule has 0 radical (unpaired) electrons. The Balaban J connectivity index is 1.43. The molecule has 22 heavy (non-hydrogen) atoms. The molecule has 0 atom stereocenters. The van der Waals surface area contributed by atoms with Gasteiger partial charge in [0.05, 0.1) is 5.75 Å². The van der Waals surface area contributed by atoms with Crippen molar-refractivity contribution in [3.63, 3.8) is 0 Å². The predicted molar refractivity (Wildman–Crippen MR) is 87.5 cm³/mol. The van der Waals surface area contributed by atoms with Gasteiger partial charge >= 0.3 is 0 Å². The van der Waals surface area contributed by atoms with Crippen LogP contribution in [0, 0.1) is 17.8 Å². The molecule has 4 saturated carbocycles. The molecular formula is C15H18N4OS2. The van der Waals surface area contributed by atoms with Crippen molar-refractivity contribution < 1.29 is 4.79 Å². The van der Waals surface area contributed by atoms with Gasteiger partial charge in [-0.05, 0) is 56.3 Å². The van der Waals surface area contributed by atoms with E-state index in [9.17, 15) is 4.79 Å². The highest BCUT2D eigenvalue weighted by atomic mass is 32.2. The lowest BCUT2D eigenvalue weighted by molar-refractivity contribution is -0.116. The number of hydrogen-bond acceptors (Lipinski definition) is 6. The first-order valence-electron chi connectivity index (χ1n) is 8.04. The van der Waals surface area contributed by atoms with E-state index in [0.717, 1.165) is 17.8 Å². The zero-order valence-electron chi connectivity index (χ0n) is 12.2. The molecule has 1 saturated heterocycles. The van der Waals surface area contributed by atoms with Crippen LogP contribution in [0.2, 0.25) is 0 Å². The highest BCUT2D eigenvalue weighted by molar-refractivity contribution is 8.15. The summed E-state index contributed by atoms with van der Waals surface area (Å²) in [6.07, 6.45) is 8.22. The molecule has 5 nitrogen and oxygen atoms in total. The van der Waals surface area contributed by atoms with Crippen LogP contribution >= 0.6 is 23.1 Å². The summed E-state index contributed by atoms with van der Waals surface area (Å²) < 4.78 is 0. The quantitative estimate of drug-likeness (QED) is 0.903. The van der Waals surface area contributed by atoms with Crippen molar-refractivity contribution in [1.82, 2.24) is 15.5 Å². The maximum absolute atomic E-state index is 11.2. The van der Waals surface area contributed by atoms with Crippen LogP contribution in [0.25, 0.3) is 0 Å². The molecule has 5 fully saturated rings. The Morgan fingerprint density at radius 1 is 1.09 bits per heavy atom. The minimum absolute atomic E-state index is 0.0228. The van der Waals surface area contributed by atoms with Crippen LogP contribution in [0.15, 0.2) is 4.99 Å². The molecule has 6 rings (SSSR count). The summed E-state index contributed by atoms with van der Waals surface area (Å²) in [4.78, 5) is 15.7. The highest BCUT2D eigenvalue weighted by Crippen LogP contribution is 2.61. The van der Waals surface area contributed by atoms with E-state index in [2.05, 4.69) is 20.5 Å². The third kappa shape index (κ3) is 2.12. The molecule has 2 heterocycles. The van der Waals surface area contributed by atoms with Gasteiger partial charge in [0.15, 0.2) is 5.17 Å². The lowest BCUT2D eigenvalue weighted by atomic mass is 9.50. The number of carbonyl (C=O) groups is 1. The summed E-state index contributed by atoms with van der Waals surface area (Å²) in [5.41, 5.74) is 0.289. The van der Waals surface area contributed by atoms with Crippen LogP contribution in [0.4, 0.5) is 5.13 Å². The number of aliphatic imine (C=N–C) groups is 1. The molecule has 0 spiro atoms. The maximum Gasteiger partial charge on any atom is 0.236 e. The predicted octanol–water partition coefficient (Wildman–Crippen LogP) is 2.86. The van der Waals surface area contributed by atoms with Crippen LogP contribution in [0.5, 0.6) is 0 Å². The average Bonchev–Trinajstić information content (AvgIpc) is 3.07. The van der Waals surface area contributed by atoms with Gasteiger partial charge in [-0.25, -0.2) is 0 Å². The smallest absolute Gasteiger partial charge is 0.236 e. The Labute approximate surface area is 137 Å². The van der Waals surface area contributed by atoms with Gasteiger partial charge in [0.2, 0.25) is 11.0 Å². The summed E-state index contributed by atoms with van der Waals surface area (Å²) in [5, 5.41) is 14.1. The fourth-order valence-electron chi connectivity index (χ4n) is 5.32. The molecule has 0 unspecified atom stereocenters. The van der Waals surface area contributed by atoms with Gasteiger partial charge in [0.25, 0.3) is 0 Å². The third-order valence-corrected chi connectivity index (χ3v) is 7.63. The molecule has 4 bridgehead atoms. The molecule has 7 heteroatoms. The number of carbonyl (C=O) groups excluding carboxylic acids is 1. The molecule has 1 amide bonds. The minimum Gasteiger partial charge on any atom is -0.304 e. The van der Waals surface area contributed by atoms with Crippen molar-refractivity contribution in [1.29, 1.82) is 0 Å². The Hall–Kier alpha value is -0.950. The number of rotatable bonds is 2. The summed E-state index contributed by atoms with van der Waals surface area (Å²) in [6.45, 7) is 0. The highest BCUT2D eigenvalue weighted by Gasteiger charge is 2.53. The van der Waals surface area contributed by atoms with Crippen LogP contribution in [0.1, 0.15) is 43.5 Å². The van der Waals surface area contributed by atoms with E-state index >= 15 is 0 Å². The standard InChI is InChI=1S/C15H18N4OS2/c20-11-7-21-13(16-11)17-14-19-18-12(22-14)15-4-8-1-9(5-15)3-10(2-8)6-15/h8-10H,1-7H2,(H,16,17,19,20). The van der Waals surface area contributed by atoms with E-state index in [4.69, 9.17) is 0 Å². The molecule has 4 aliphatic carbocycles. The number of nitrogens with one attached hydrogen (secondary N) is 1. The summed E-state index contributed by atoms with van der Waals surface area (Å²) in [5.74, 6) is 3.22. The van der Waals surface area contributed by atoms with Gasteiger partial charge in [0, 0.05) is 5.41 Å². The number of aromatic nitrogens is 2. The van der Waals surface area contributed by atoms with Crippen molar-refractivity contribution in [3.8, 4) is 0 Å². The second-order valence-electron chi connectivity index (χ2n) is 7.34. The Bertz CT molecular complexity index is 633. The number of amides is 1. The van der Waals surface area contributed by atoms with Crippen molar-refractivity contribution in [2.24, 2.45) is 22.7 Å². The van der Waals surface area contributed by atoms with Gasteiger partial charge in [-0.3, -0.25) is 4.79 Å². The molecule has 1 aromatic heterocycles. The molecule has 0 aromatic carbocycles. The molecule has 116 valence electrons. The van der Waals surface area contributed by atoms with Gasteiger partial charge < -0.3 is 5.32 Å². The summed E-state index contributed by atoms with van der Waals surface area (Å²) >= 11 is 3.08. The molecule has 1 aliphatic heterocycles. The van der Waals surface area contributed by atoms with Crippen LogP contribution in [0.3, 0.4) is 0 Å². The minimum atomic E-state index is 0.0228. The Morgan fingerprint density at radius 3 is 2.36 bits per heavy atom. The lowest BCUT2D eigenvalue weighted by Gasteiger charge is -2.55. The van der Waals surface area contributed by atoms with E-state index < -0.39 is 0 Å². The van der Waals surface area contributed by atoms with E-state index in [0.29, 0.717) is 16.1 Å². The van der Waals surface area contributed by atoms with Crippen LogP contribution in [-0.2, 0) is 10.2 Å². The number of nitrogens with zero attached hydrogens (tertiary/aromatic N) is 3. The second-order valence-corrected chi connectivity index (χ2v) is 9.26. The Kier molecular flexibility index (Phi) is 2.92. The zero-order valence-corrected chi connectivity index (χ0v) is 13.9. The van der Waals surface area contributed by atoms with Gasteiger partial charge in [-0.2, -0.15) is 4.99 Å². The lowest BCUT2D eigenvalue weighted by Crippen LogP contribution is -2.48. The van der Waals surface area contributed by atoms with Crippen LogP contribution in [-0.4, -0.2) is 27.0 Å². The van der Waals surface area contributed by atoms with Crippen molar-refractivity contribution in [2.75, 3.05) is 5.75 Å². The molecule has 1 aromatic rings. The van der Waals surface area contributed by atoms with Gasteiger partial charge in [0.1, 0.15) is 5.01 Å². The van der Waals surface area contributed by atoms with Crippen molar-refractivity contribution >= 4 is 39.3 Å². The monoisotopic (exact) mass is 334 g/mol. The normalized spacial score (nSPS) is 41.4. The topological polar surface area (TPSA) is 67.2 Å². The fourth-order valence-corrected chi connectivity index (χ4v) is 6.99. The summed E-state index contributed by atoms with van der Waals surface area (Å²) in [6, 6.07) is 0. The van der Waals surface area contributed by atoms with E-state index in [-0.39, 0.29) is 11.3 Å². The fraction of sp³-hybridized carbons (Fsp3) is 0.733. The van der Waals surface area contributed by atoms with E-state index in [1.165, 1.54) is 55.3 Å². The Morgan fingerprint density at radius 2 is 1.77 bits per heavy atom. The van der Waals surface area contributed by atoms with E-state index in [1.54, 1.807) is 11.3 Å². The number of thioether (sulfide) groups is 1. The third-order valence-electron chi connectivity index (χ3n) is 5.69. The second kappa shape index (κ2) is 4.77. The molecule has 5 aliphatic rings. The first-order chi connectivity index (χ1) is 10.7. The molecular weight excluding hydrogens is 316 g/mol. The van der Waals surface area contributed by atoms with Gasteiger partial charge in [-0.1, -0.05) is 23.1 Å². The maximum atomic E-state index is 11.2.